The average Bonchev–Trinajstić information content (AvgIpc) is 2.31. The Kier molecular flexibility index (Phi) is 4.35. The smallest absolute Gasteiger partial charge is 0.0707 e. The topological polar surface area (TPSA) is 33.1 Å². The van der Waals surface area contributed by atoms with Crippen molar-refractivity contribution in [1.82, 2.24) is 4.98 Å². The second-order valence-corrected chi connectivity index (χ2v) is 6.11. The Morgan fingerprint density at radius 3 is 3.13 bits per heavy atom. The van der Waals surface area contributed by atoms with Crippen LogP contribution < -0.4 is 0 Å². The normalized spacial score (nSPS) is 23.7. The highest BCUT2D eigenvalue weighted by Gasteiger charge is 2.22. The van der Waals surface area contributed by atoms with Crippen LogP contribution in [-0.2, 0) is 6.42 Å². The van der Waals surface area contributed by atoms with Gasteiger partial charge in [0.1, 0.15) is 0 Å². The van der Waals surface area contributed by atoms with Crippen LogP contribution in [0.4, 0.5) is 0 Å². The molecule has 2 atom stereocenters. The van der Waals surface area contributed by atoms with E-state index in [4.69, 9.17) is 0 Å². The van der Waals surface area contributed by atoms with Crippen molar-refractivity contribution in [2.24, 2.45) is 0 Å². The van der Waals surface area contributed by atoms with Gasteiger partial charge < -0.3 is 5.11 Å². The van der Waals surface area contributed by atoms with Gasteiger partial charge in [-0.1, -0.05) is 6.07 Å². The Hall–Kier alpha value is -0.190. The first-order valence-corrected chi connectivity index (χ1v) is 7.33. The van der Waals surface area contributed by atoms with E-state index in [1.54, 1.807) is 6.20 Å². The highest BCUT2D eigenvalue weighted by molar-refractivity contribution is 8.06. The third-order valence-electron chi connectivity index (χ3n) is 2.44. The number of nitrogens with zero attached hydrogens (tertiary/aromatic N) is 1. The third-order valence-corrected chi connectivity index (χ3v) is 5.34. The molecule has 15 heavy (non-hydrogen) atoms. The lowest BCUT2D eigenvalue weighted by Crippen LogP contribution is -2.30. The zero-order valence-electron chi connectivity index (χ0n) is 8.50. The van der Waals surface area contributed by atoms with E-state index in [2.05, 4.69) is 4.98 Å². The lowest BCUT2D eigenvalue weighted by atomic mass is 10.1. The van der Waals surface area contributed by atoms with Gasteiger partial charge in [0.2, 0.25) is 0 Å². The molecule has 1 aliphatic rings. The molecule has 0 aliphatic carbocycles. The first-order chi connectivity index (χ1) is 7.36. The van der Waals surface area contributed by atoms with Gasteiger partial charge in [-0.15, -0.1) is 0 Å². The Morgan fingerprint density at radius 2 is 2.47 bits per heavy atom. The quantitative estimate of drug-likeness (QED) is 0.875. The van der Waals surface area contributed by atoms with Crippen molar-refractivity contribution in [1.29, 1.82) is 0 Å². The molecule has 1 aliphatic heterocycles. The van der Waals surface area contributed by atoms with Gasteiger partial charge in [0.25, 0.3) is 0 Å². The van der Waals surface area contributed by atoms with Crippen molar-refractivity contribution in [3.8, 4) is 0 Å². The standard InChI is InChI=1S/C11H15NOS2/c13-10(11-8-14-4-5-15-11)6-9-2-1-3-12-7-9/h1-3,7,10-11,13H,4-6,8H2. The lowest BCUT2D eigenvalue weighted by molar-refractivity contribution is 0.177. The summed E-state index contributed by atoms with van der Waals surface area (Å²) >= 11 is 3.84. The van der Waals surface area contributed by atoms with Crippen LogP contribution in [0.5, 0.6) is 0 Å². The molecule has 2 heterocycles. The maximum atomic E-state index is 10.1. The minimum Gasteiger partial charge on any atom is -0.392 e. The van der Waals surface area contributed by atoms with Gasteiger partial charge in [-0.2, -0.15) is 23.5 Å². The molecule has 2 nitrogen and oxygen atoms in total. The summed E-state index contributed by atoms with van der Waals surface area (Å²) in [4.78, 5) is 4.06. The molecule has 0 bridgehead atoms. The SMILES string of the molecule is OC(Cc1cccnc1)C1CSCCS1. The fourth-order valence-corrected chi connectivity index (χ4v) is 4.39. The van der Waals surface area contributed by atoms with E-state index in [9.17, 15) is 5.11 Å². The van der Waals surface area contributed by atoms with Crippen LogP contribution in [-0.4, -0.2) is 38.7 Å². The van der Waals surface area contributed by atoms with E-state index in [0.29, 0.717) is 5.25 Å². The fourth-order valence-electron chi connectivity index (χ4n) is 1.62. The molecule has 2 rings (SSSR count). The van der Waals surface area contributed by atoms with Crippen molar-refractivity contribution in [3.63, 3.8) is 0 Å². The molecule has 0 amide bonds. The molecule has 0 spiro atoms. The zero-order valence-corrected chi connectivity index (χ0v) is 10.1. The van der Waals surface area contributed by atoms with E-state index in [0.717, 1.165) is 17.7 Å². The van der Waals surface area contributed by atoms with Gasteiger partial charge in [0.05, 0.1) is 6.10 Å². The maximum absolute atomic E-state index is 10.1. The van der Waals surface area contributed by atoms with Gasteiger partial charge in [-0.3, -0.25) is 4.98 Å². The summed E-state index contributed by atoms with van der Waals surface area (Å²) < 4.78 is 0. The molecule has 2 unspecified atom stereocenters. The van der Waals surface area contributed by atoms with Crippen molar-refractivity contribution in [2.45, 2.75) is 17.8 Å². The van der Waals surface area contributed by atoms with Crippen LogP contribution in [0.15, 0.2) is 24.5 Å². The predicted octanol–water partition coefficient (Wildman–Crippen LogP) is 1.83. The summed E-state index contributed by atoms with van der Waals surface area (Å²) in [7, 11) is 0. The average molecular weight is 241 g/mol. The van der Waals surface area contributed by atoms with Crippen LogP contribution in [0.25, 0.3) is 0 Å². The molecular weight excluding hydrogens is 226 g/mol. The molecule has 1 saturated heterocycles. The van der Waals surface area contributed by atoms with E-state index in [1.165, 1.54) is 11.5 Å². The largest absolute Gasteiger partial charge is 0.392 e. The van der Waals surface area contributed by atoms with Crippen LogP contribution >= 0.6 is 23.5 Å². The number of rotatable bonds is 3. The molecule has 0 aromatic carbocycles. The molecule has 1 aromatic heterocycles. The van der Waals surface area contributed by atoms with Crippen LogP contribution in [0.3, 0.4) is 0 Å². The van der Waals surface area contributed by atoms with Crippen molar-refractivity contribution >= 4 is 23.5 Å². The summed E-state index contributed by atoms with van der Waals surface area (Å²) in [6, 6.07) is 3.95. The number of aliphatic hydroxyl groups is 1. The van der Waals surface area contributed by atoms with E-state index >= 15 is 0 Å². The van der Waals surface area contributed by atoms with Gasteiger partial charge in [0, 0.05) is 41.3 Å². The molecular formula is C11H15NOS2. The third kappa shape index (κ3) is 3.40. The molecule has 82 valence electrons. The Bertz CT molecular complexity index is 288. The minimum atomic E-state index is -0.230. The summed E-state index contributed by atoms with van der Waals surface area (Å²) in [6.07, 6.45) is 4.10. The fraction of sp³-hybridized carbons (Fsp3) is 0.545. The monoisotopic (exact) mass is 241 g/mol. The summed E-state index contributed by atoms with van der Waals surface area (Å²) in [5.74, 6) is 3.46. The molecule has 1 N–H and O–H groups in total. The van der Waals surface area contributed by atoms with E-state index < -0.39 is 0 Å². The molecule has 1 fully saturated rings. The van der Waals surface area contributed by atoms with Crippen molar-refractivity contribution in [3.05, 3.63) is 30.1 Å². The molecule has 1 aromatic rings. The van der Waals surface area contributed by atoms with E-state index in [1.807, 2.05) is 41.9 Å². The van der Waals surface area contributed by atoms with Gasteiger partial charge >= 0.3 is 0 Å². The highest BCUT2D eigenvalue weighted by Crippen LogP contribution is 2.27. The van der Waals surface area contributed by atoms with Crippen LogP contribution in [0.2, 0.25) is 0 Å². The summed E-state index contributed by atoms with van der Waals surface area (Å²) in [6.45, 7) is 0. The first-order valence-electron chi connectivity index (χ1n) is 5.12. The minimum absolute atomic E-state index is 0.230. The Balaban J connectivity index is 1.88. The van der Waals surface area contributed by atoms with E-state index in [-0.39, 0.29) is 6.10 Å². The first kappa shape index (κ1) is 11.3. The van der Waals surface area contributed by atoms with Gasteiger partial charge in [0.15, 0.2) is 0 Å². The second-order valence-electron chi connectivity index (χ2n) is 3.62. The number of hydrogen-bond acceptors (Lipinski definition) is 4. The maximum Gasteiger partial charge on any atom is 0.0707 e. The molecule has 0 radical (unpaired) electrons. The summed E-state index contributed by atoms with van der Waals surface area (Å²) in [5.41, 5.74) is 1.13. The Morgan fingerprint density at radius 1 is 1.53 bits per heavy atom. The van der Waals surface area contributed by atoms with Gasteiger partial charge in [-0.05, 0) is 11.6 Å². The zero-order chi connectivity index (χ0) is 10.5. The Labute approximate surface area is 98.9 Å². The van der Waals surface area contributed by atoms with Crippen LogP contribution in [0, 0.1) is 0 Å². The van der Waals surface area contributed by atoms with Crippen molar-refractivity contribution in [2.75, 3.05) is 17.3 Å². The number of pyridine rings is 1. The number of aromatic nitrogens is 1. The summed E-state index contributed by atoms with van der Waals surface area (Å²) in [5, 5.41) is 10.5. The van der Waals surface area contributed by atoms with Crippen molar-refractivity contribution < 1.29 is 5.11 Å². The predicted molar refractivity (Wildman–Crippen MR) is 67.5 cm³/mol. The number of aliphatic hydroxyl groups excluding tert-OH is 1. The lowest BCUT2D eigenvalue weighted by Gasteiger charge is -2.25. The highest BCUT2D eigenvalue weighted by atomic mass is 32.2. The number of thioether (sulfide) groups is 2. The van der Waals surface area contributed by atoms with Gasteiger partial charge in [-0.25, -0.2) is 0 Å². The van der Waals surface area contributed by atoms with Crippen LogP contribution in [0.1, 0.15) is 5.56 Å². The molecule has 4 heteroatoms. The number of hydrogen-bond donors (Lipinski definition) is 1. The molecule has 0 saturated carbocycles. The second kappa shape index (κ2) is 5.77.